The minimum atomic E-state index is -3.28. The van der Waals surface area contributed by atoms with Gasteiger partial charge in [0, 0.05) is 5.02 Å². The van der Waals surface area contributed by atoms with Gasteiger partial charge in [-0.25, -0.2) is 8.42 Å². The maximum Gasteiger partial charge on any atom is 0.258 e. The third-order valence-corrected chi connectivity index (χ3v) is 8.07. The molecule has 1 atom stereocenters. The molecule has 0 radical (unpaired) electrons. The van der Waals surface area contributed by atoms with E-state index in [4.69, 9.17) is 16.3 Å². The van der Waals surface area contributed by atoms with Gasteiger partial charge in [0.05, 0.1) is 16.7 Å². The van der Waals surface area contributed by atoms with Gasteiger partial charge in [-0.1, -0.05) is 49.1 Å². The van der Waals surface area contributed by atoms with E-state index in [1.807, 2.05) is 12.1 Å². The van der Waals surface area contributed by atoms with E-state index >= 15 is 0 Å². The van der Waals surface area contributed by atoms with Crippen molar-refractivity contribution in [2.75, 3.05) is 12.4 Å². The zero-order valence-electron chi connectivity index (χ0n) is 16.8. The Kier molecular flexibility index (Phi) is 6.34. The molecule has 0 bridgehead atoms. The molecule has 2 aromatic carbocycles. The molecule has 30 heavy (non-hydrogen) atoms. The molecular weight excluding hydrogens is 422 g/mol. The smallest absolute Gasteiger partial charge is 0.258 e. The Labute approximate surface area is 182 Å². The largest absolute Gasteiger partial charge is 0.483 e. The van der Waals surface area contributed by atoms with Crippen LogP contribution >= 0.6 is 11.6 Å². The van der Waals surface area contributed by atoms with E-state index in [-0.39, 0.29) is 24.3 Å². The third kappa shape index (κ3) is 4.65. The zero-order chi connectivity index (χ0) is 21.1. The predicted molar refractivity (Wildman–Crippen MR) is 117 cm³/mol. The first kappa shape index (κ1) is 21.2. The molecule has 1 aliphatic heterocycles. The normalized spacial score (nSPS) is 20.9. The number of carbonyl (C=O) groups is 1. The fraction of sp³-hybridized carbons (Fsp3) is 0.435. The van der Waals surface area contributed by atoms with Crippen molar-refractivity contribution in [3.8, 4) is 5.75 Å². The van der Waals surface area contributed by atoms with E-state index in [1.54, 1.807) is 30.3 Å². The summed E-state index contributed by atoms with van der Waals surface area (Å²) in [6.45, 7) is -0.118. The molecule has 1 N–H and O–H groups in total. The van der Waals surface area contributed by atoms with Gasteiger partial charge in [0.2, 0.25) is 0 Å². The SMILES string of the molecule is O=C(COc1ccc(Cl)cc1C1CCCCC1)NC1CCS(=O)(=O)c2ccccc21. The Bertz CT molecular complexity index is 1030. The average molecular weight is 448 g/mol. The first-order chi connectivity index (χ1) is 14.4. The van der Waals surface area contributed by atoms with Gasteiger partial charge >= 0.3 is 0 Å². The van der Waals surface area contributed by atoms with Crippen LogP contribution in [0.4, 0.5) is 0 Å². The fourth-order valence-electron chi connectivity index (χ4n) is 4.50. The van der Waals surface area contributed by atoms with Crippen LogP contribution in [0.1, 0.15) is 61.6 Å². The summed E-state index contributed by atoms with van der Waals surface area (Å²) in [5.74, 6) is 0.872. The molecule has 1 fully saturated rings. The minimum Gasteiger partial charge on any atom is -0.483 e. The van der Waals surface area contributed by atoms with Crippen LogP contribution in [0, 0.1) is 0 Å². The number of ether oxygens (including phenoxy) is 1. The summed E-state index contributed by atoms with van der Waals surface area (Å²) in [6.07, 6.45) is 6.22. The minimum absolute atomic E-state index is 0.0266. The predicted octanol–water partition coefficient (Wildman–Crippen LogP) is 4.80. The molecule has 7 heteroatoms. The van der Waals surface area contributed by atoms with Gasteiger partial charge in [0.1, 0.15) is 5.75 Å². The van der Waals surface area contributed by atoms with Crippen LogP contribution in [-0.4, -0.2) is 26.7 Å². The standard InChI is InChI=1S/C23H26ClNO4S/c24-17-10-11-21(19(14-17)16-6-2-1-3-7-16)29-15-23(26)25-20-12-13-30(27,28)22-9-5-4-8-18(20)22/h4-5,8-11,14,16,20H,1-3,6-7,12-13,15H2,(H,25,26). The Morgan fingerprint density at radius 3 is 2.60 bits per heavy atom. The van der Waals surface area contributed by atoms with Gasteiger partial charge in [-0.05, 0) is 60.6 Å². The average Bonchev–Trinajstić information content (AvgIpc) is 2.76. The summed E-state index contributed by atoms with van der Waals surface area (Å²) in [5, 5.41) is 3.61. The fourth-order valence-corrected chi connectivity index (χ4v) is 6.30. The summed E-state index contributed by atoms with van der Waals surface area (Å²) in [4.78, 5) is 12.9. The Balaban J connectivity index is 1.44. The second-order valence-corrected chi connectivity index (χ2v) is 10.6. The number of amides is 1. The van der Waals surface area contributed by atoms with Crippen LogP contribution < -0.4 is 10.1 Å². The number of rotatable bonds is 5. The lowest BCUT2D eigenvalue weighted by molar-refractivity contribution is -0.123. The van der Waals surface area contributed by atoms with Gasteiger partial charge in [0.25, 0.3) is 5.91 Å². The monoisotopic (exact) mass is 447 g/mol. The van der Waals surface area contributed by atoms with E-state index in [9.17, 15) is 13.2 Å². The number of sulfone groups is 1. The number of halogens is 1. The summed E-state index contributed by atoms with van der Waals surface area (Å²) in [5.41, 5.74) is 1.72. The molecule has 4 rings (SSSR count). The molecule has 2 aromatic rings. The molecule has 1 heterocycles. The highest BCUT2D eigenvalue weighted by Gasteiger charge is 2.31. The van der Waals surface area contributed by atoms with Crippen molar-refractivity contribution in [3.63, 3.8) is 0 Å². The topological polar surface area (TPSA) is 72.5 Å². The Morgan fingerprint density at radius 1 is 1.03 bits per heavy atom. The summed E-state index contributed by atoms with van der Waals surface area (Å²) in [7, 11) is -3.28. The maximum atomic E-state index is 12.6. The van der Waals surface area contributed by atoms with Crippen molar-refractivity contribution in [3.05, 3.63) is 58.6 Å². The number of fused-ring (bicyclic) bond motifs is 1. The molecule has 1 aliphatic carbocycles. The van der Waals surface area contributed by atoms with E-state index in [1.165, 1.54) is 19.3 Å². The van der Waals surface area contributed by atoms with Crippen molar-refractivity contribution in [2.24, 2.45) is 0 Å². The van der Waals surface area contributed by atoms with Gasteiger partial charge in [-0.3, -0.25) is 4.79 Å². The van der Waals surface area contributed by atoms with Crippen molar-refractivity contribution < 1.29 is 17.9 Å². The molecule has 0 spiro atoms. The van der Waals surface area contributed by atoms with E-state index in [0.717, 1.165) is 18.4 Å². The molecule has 1 saturated carbocycles. The first-order valence-electron chi connectivity index (χ1n) is 10.5. The van der Waals surface area contributed by atoms with Crippen LogP contribution in [0.3, 0.4) is 0 Å². The van der Waals surface area contributed by atoms with Gasteiger partial charge < -0.3 is 10.1 Å². The molecular formula is C23H26ClNO4S. The highest BCUT2D eigenvalue weighted by Crippen LogP contribution is 2.39. The highest BCUT2D eigenvalue weighted by molar-refractivity contribution is 7.91. The molecule has 2 aliphatic rings. The van der Waals surface area contributed by atoms with Crippen LogP contribution in [-0.2, 0) is 14.6 Å². The molecule has 1 amide bonds. The number of carbonyl (C=O) groups excluding carboxylic acids is 1. The van der Waals surface area contributed by atoms with Crippen molar-refractivity contribution in [1.82, 2.24) is 5.32 Å². The molecule has 0 saturated heterocycles. The van der Waals surface area contributed by atoms with Gasteiger partial charge in [0.15, 0.2) is 16.4 Å². The number of nitrogens with one attached hydrogen (secondary N) is 1. The quantitative estimate of drug-likeness (QED) is 0.714. The summed E-state index contributed by atoms with van der Waals surface area (Å²) >= 11 is 6.21. The summed E-state index contributed by atoms with van der Waals surface area (Å²) < 4.78 is 30.5. The third-order valence-electron chi connectivity index (χ3n) is 6.02. The molecule has 1 unspecified atom stereocenters. The Hall–Kier alpha value is -2.05. The zero-order valence-corrected chi connectivity index (χ0v) is 18.3. The molecule has 5 nitrogen and oxygen atoms in total. The lowest BCUT2D eigenvalue weighted by atomic mass is 9.84. The van der Waals surface area contributed by atoms with Crippen LogP contribution in [0.15, 0.2) is 47.4 Å². The highest BCUT2D eigenvalue weighted by atomic mass is 35.5. The maximum absolute atomic E-state index is 12.6. The molecule has 160 valence electrons. The lowest BCUT2D eigenvalue weighted by Crippen LogP contribution is -2.36. The van der Waals surface area contributed by atoms with Crippen molar-refractivity contribution in [2.45, 2.75) is 55.4 Å². The van der Waals surface area contributed by atoms with E-state index in [2.05, 4.69) is 5.32 Å². The van der Waals surface area contributed by atoms with Crippen LogP contribution in [0.5, 0.6) is 5.75 Å². The van der Waals surface area contributed by atoms with Crippen molar-refractivity contribution >= 4 is 27.3 Å². The molecule has 0 aromatic heterocycles. The second kappa shape index (κ2) is 8.98. The number of hydrogen-bond donors (Lipinski definition) is 1. The second-order valence-electron chi connectivity index (χ2n) is 8.07. The van der Waals surface area contributed by atoms with E-state index in [0.29, 0.717) is 33.6 Å². The Morgan fingerprint density at radius 2 is 1.80 bits per heavy atom. The van der Waals surface area contributed by atoms with E-state index < -0.39 is 9.84 Å². The van der Waals surface area contributed by atoms with Crippen molar-refractivity contribution in [1.29, 1.82) is 0 Å². The van der Waals surface area contributed by atoms with Gasteiger partial charge in [-0.2, -0.15) is 0 Å². The number of benzene rings is 2. The van der Waals surface area contributed by atoms with Gasteiger partial charge in [-0.15, -0.1) is 0 Å². The lowest BCUT2D eigenvalue weighted by Gasteiger charge is -2.27. The first-order valence-corrected chi connectivity index (χ1v) is 12.5. The van der Waals surface area contributed by atoms with Crippen LogP contribution in [0.2, 0.25) is 5.02 Å². The van der Waals surface area contributed by atoms with Crippen LogP contribution in [0.25, 0.3) is 0 Å². The number of hydrogen-bond acceptors (Lipinski definition) is 4. The summed E-state index contributed by atoms with van der Waals surface area (Å²) in [6, 6.07) is 12.1.